The van der Waals surface area contributed by atoms with Crippen molar-refractivity contribution in [3.63, 3.8) is 0 Å². The van der Waals surface area contributed by atoms with Crippen LogP contribution in [0.2, 0.25) is 0 Å². The molecule has 0 aliphatic heterocycles. The number of fused-ring (bicyclic) bond motifs is 1. The van der Waals surface area contributed by atoms with Crippen molar-refractivity contribution >= 4 is 5.91 Å². The molecule has 1 aromatic heterocycles. The fourth-order valence-electron chi connectivity index (χ4n) is 2.04. The number of nitrogen functional groups attached to an aromatic ring is 1. The molecule has 0 radical (unpaired) electrons. The summed E-state index contributed by atoms with van der Waals surface area (Å²) >= 11 is 0. The third-order valence-corrected chi connectivity index (χ3v) is 2.87. The second kappa shape index (κ2) is 3.98. The van der Waals surface area contributed by atoms with Gasteiger partial charge in [0.1, 0.15) is 0 Å². The molecular weight excluding hydrogens is 190 g/mol. The quantitative estimate of drug-likeness (QED) is 0.406. The summed E-state index contributed by atoms with van der Waals surface area (Å²) in [5.74, 6) is 4.87. The summed E-state index contributed by atoms with van der Waals surface area (Å²) in [5, 5.41) is 0. The molecule has 0 unspecified atom stereocenters. The molecule has 80 valence electrons. The van der Waals surface area contributed by atoms with E-state index in [1.165, 1.54) is 18.4 Å². The standard InChI is InChI=1S/C11H15N3O/c1-7-9(11(15)14-12)6-8-4-2-3-5-10(8)13-7/h6H,2-5,12H2,1H3,(H,14,15). The molecule has 0 aromatic carbocycles. The van der Waals surface area contributed by atoms with Gasteiger partial charge in [0, 0.05) is 5.69 Å². The summed E-state index contributed by atoms with van der Waals surface area (Å²) in [6.07, 6.45) is 4.43. The van der Waals surface area contributed by atoms with Crippen molar-refractivity contribution in [2.24, 2.45) is 5.84 Å². The largest absolute Gasteiger partial charge is 0.290 e. The number of pyridine rings is 1. The van der Waals surface area contributed by atoms with Crippen LogP contribution in [0.4, 0.5) is 0 Å². The number of hydrogen-bond donors (Lipinski definition) is 2. The maximum atomic E-state index is 11.4. The molecule has 2 rings (SSSR count). The Morgan fingerprint density at radius 3 is 2.93 bits per heavy atom. The van der Waals surface area contributed by atoms with Crippen molar-refractivity contribution < 1.29 is 4.79 Å². The smallest absolute Gasteiger partial charge is 0.267 e. The number of nitrogens with two attached hydrogens (primary N) is 1. The normalized spacial score (nSPS) is 14.5. The average molecular weight is 205 g/mol. The molecule has 1 aliphatic carbocycles. The first kappa shape index (κ1) is 10.1. The highest BCUT2D eigenvalue weighted by Crippen LogP contribution is 2.21. The molecule has 1 amide bonds. The van der Waals surface area contributed by atoms with Crippen molar-refractivity contribution in [2.75, 3.05) is 0 Å². The lowest BCUT2D eigenvalue weighted by Crippen LogP contribution is -2.31. The SMILES string of the molecule is Cc1nc2c(cc1C(=O)NN)CCCC2. The van der Waals surface area contributed by atoms with Gasteiger partial charge in [0.15, 0.2) is 0 Å². The molecule has 1 heterocycles. The molecule has 0 bridgehead atoms. The Labute approximate surface area is 88.9 Å². The molecule has 1 aliphatic rings. The predicted molar refractivity (Wildman–Crippen MR) is 57.3 cm³/mol. The zero-order chi connectivity index (χ0) is 10.8. The van der Waals surface area contributed by atoms with E-state index < -0.39 is 0 Å². The summed E-state index contributed by atoms with van der Waals surface area (Å²) < 4.78 is 0. The van der Waals surface area contributed by atoms with Gasteiger partial charge in [-0.15, -0.1) is 0 Å². The summed E-state index contributed by atoms with van der Waals surface area (Å²) in [5.41, 5.74) is 5.85. The molecule has 1 aromatic rings. The summed E-state index contributed by atoms with van der Waals surface area (Å²) in [7, 11) is 0. The van der Waals surface area contributed by atoms with E-state index in [-0.39, 0.29) is 5.91 Å². The lowest BCUT2D eigenvalue weighted by molar-refractivity contribution is 0.0952. The highest BCUT2D eigenvalue weighted by molar-refractivity contribution is 5.95. The van der Waals surface area contributed by atoms with Crippen LogP contribution >= 0.6 is 0 Å². The Hall–Kier alpha value is -1.42. The molecular formula is C11H15N3O. The van der Waals surface area contributed by atoms with Crippen LogP contribution in [0.25, 0.3) is 0 Å². The molecule has 0 fully saturated rings. The number of amides is 1. The van der Waals surface area contributed by atoms with Gasteiger partial charge in [-0.3, -0.25) is 15.2 Å². The highest BCUT2D eigenvalue weighted by atomic mass is 16.2. The zero-order valence-electron chi connectivity index (χ0n) is 8.84. The molecule has 0 saturated heterocycles. The van der Waals surface area contributed by atoms with Gasteiger partial charge in [0.2, 0.25) is 0 Å². The van der Waals surface area contributed by atoms with Crippen LogP contribution in [0, 0.1) is 6.92 Å². The zero-order valence-corrected chi connectivity index (χ0v) is 8.84. The van der Waals surface area contributed by atoms with E-state index in [4.69, 9.17) is 5.84 Å². The summed E-state index contributed by atoms with van der Waals surface area (Å²) in [6.45, 7) is 1.85. The lowest BCUT2D eigenvalue weighted by Gasteiger charge is -2.16. The van der Waals surface area contributed by atoms with Crippen molar-refractivity contribution in [3.05, 3.63) is 28.6 Å². The molecule has 0 atom stereocenters. The van der Waals surface area contributed by atoms with Crippen molar-refractivity contribution in [3.8, 4) is 0 Å². The second-order valence-corrected chi connectivity index (χ2v) is 3.91. The van der Waals surface area contributed by atoms with E-state index in [1.54, 1.807) is 0 Å². The number of aryl methyl sites for hydroxylation is 3. The predicted octanol–water partition coefficient (Wildman–Crippen LogP) is 0.872. The van der Waals surface area contributed by atoms with E-state index in [2.05, 4.69) is 10.4 Å². The highest BCUT2D eigenvalue weighted by Gasteiger charge is 2.16. The molecule has 15 heavy (non-hydrogen) atoms. The fraction of sp³-hybridized carbons (Fsp3) is 0.455. The van der Waals surface area contributed by atoms with E-state index in [9.17, 15) is 4.79 Å². The van der Waals surface area contributed by atoms with Crippen LogP contribution in [-0.2, 0) is 12.8 Å². The Bertz CT molecular complexity index is 401. The summed E-state index contributed by atoms with van der Waals surface area (Å²) in [6, 6.07) is 1.93. The minimum absolute atomic E-state index is 0.256. The van der Waals surface area contributed by atoms with Gasteiger partial charge in [-0.1, -0.05) is 0 Å². The number of hydrogen-bond acceptors (Lipinski definition) is 3. The summed E-state index contributed by atoms with van der Waals surface area (Å²) in [4.78, 5) is 15.9. The number of rotatable bonds is 1. The minimum Gasteiger partial charge on any atom is -0.290 e. The van der Waals surface area contributed by atoms with Crippen LogP contribution in [0.5, 0.6) is 0 Å². The number of carbonyl (C=O) groups excluding carboxylic acids is 1. The molecule has 4 nitrogen and oxygen atoms in total. The van der Waals surface area contributed by atoms with Gasteiger partial charge in [0.05, 0.1) is 11.3 Å². The van der Waals surface area contributed by atoms with E-state index in [1.807, 2.05) is 13.0 Å². The molecule has 0 spiro atoms. The van der Waals surface area contributed by atoms with Crippen molar-refractivity contribution in [1.29, 1.82) is 0 Å². The third-order valence-electron chi connectivity index (χ3n) is 2.87. The van der Waals surface area contributed by atoms with Crippen LogP contribution in [0.15, 0.2) is 6.07 Å². The molecule has 4 heteroatoms. The topological polar surface area (TPSA) is 68.0 Å². The van der Waals surface area contributed by atoms with Gasteiger partial charge in [-0.05, 0) is 44.2 Å². The van der Waals surface area contributed by atoms with E-state index >= 15 is 0 Å². The number of nitrogens with zero attached hydrogens (tertiary/aromatic N) is 1. The Morgan fingerprint density at radius 1 is 1.47 bits per heavy atom. The van der Waals surface area contributed by atoms with Gasteiger partial charge in [-0.2, -0.15) is 0 Å². The van der Waals surface area contributed by atoms with Gasteiger partial charge >= 0.3 is 0 Å². The monoisotopic (exact) mass is 205 g/mol. The first-order valence-electron chi connectivity index (χ1n) is 5.22. The van der Waals surface area contributed by atoms with Crippen LogP contribution in [0.3, 0.4) is 0 Å². The maximum Gasteiger partial charge on any atom is 0.267 e. The van der Waals surface area contributed by atoms with Crippen LogP contribution < -0.4 is 11.3 Å². The Morgan fingerprint density at radius 2 is 2.20 bits per heavy atom. The number of nitrogens with one attached hydrogen (secondary N) is 1. The van der Waals surface area contributed by atoms with Gasteiger partial charge < -0.3 is 0 Å². The lowest BCUT2D eigenvalue weighted by atomic mass is 9.94. The minimum atomic E-state index is -0.256. The van der Waals surface area contributed by atoms with Crippen molar-refractivity contribution in [2.45, 2.75) is 32.6 Å². The fourth-order valence-corrected chi connectivity index (χ4v) is 2.04. The second-order valence-electron chi connectivity index (χ2n) is 3.91. The third kappa shape index (κ3) is 1.85. The Balaban J connectivity index is 2.44. The van der Waals surface area contributed by atoms with Gasteiger partial charge in [0.25, 0.3) is 5.91 Å². The van der Waals surface area contributed by atoms with Gasteiger partial charge in [-0.25, -0.2) is 5.84 Å². The maximum absolute atomic E-state index is 11.4. The molecule has 3 N–H and O–H groups in total. The van der Waals surface area contributed by atoms with Crippen LogP contribution in [-0.4, -0.2) is 10.9 Å². The van der Waals surface area contributed by atoms with E-state index in [0.717, 1.165) is 24.2 Å². The van der Waals surface area contributed by atoms with Crippen LogP contribution in [0.1, 0.15) is 40.2 Å². The number of carbonyl (C=O) groups is 1. The average Bonchev–Trinajstić information content (AvgIpc) is 2.27. The first-order valence-corrected chi connectivity index (χ1v) is 5.22. The number of hydrazine groups is 1. The first-order chi connectivity index (χ1) is 7.22. The van der Waals surface area contributed by atoms with Crippen molar-refractivity contribution in [1.82, 2.24) is 10.4 Å². The molecule has 0 saturated carbocycles. The van der Waals surface area contributed by atoms with E-state index in [0.29, 0.717) is 5.56 Å². The number of aromatic nitrogens is 1. The Kier molecular flexibility index (Phi) is 2.68.